The summed E-state index contributed by atoms with van der Waals surface area (Å²) in [5.41, 5.74) is 1.91. The number of carboxylic acid groups (broad SMARTS) is 1. The number of aliphatic carboxylic acids is 1. The Morgan fingerprint density at radius 2 is 1.92 bits per heavy atom. The predicted molar refractivity (Wildman–Crippen MR) is 96.9 cm³/mol. The Bertz CT molecular complexity index is 715. The van der Waals surface area contributed by atoms with E-state index in [0.717, 1.165) is 12.8 Å². The van der Waals surface area contributed by atoms with Crippen LogP contribution in [0.15, 0.2) is 24.3 Å². The number of nitrogens with one attached hydrogen (secondary N) is 1. The molecular weight excluding hydrogens is 340 g/mol. The Hall–Kier alpha value is -2.32. The quantitative estimate of drug-likeness (QED) is 0.712. The van der Waals surface area contributed by atoms with Crippen LogP contribution >= 0.6 is 11.3 Å². The molecule has 0 radical (unpaired) electrons. The van der Waals surface area contributed by atoms with Crippen LogP contribution < -0.4 is 5.32 Å². The normalized spacial score (nSPS) is 10.8. The number of aryl methyl sites for hydroxylation is 1. The van der Waals surface area contributed by atoms with Gasteiger partial charge in [0.25, 0.3) is 5.91 Å². The molecule has 1 heterocycles. The zero-order valence-electron chi connectivity index (χ0n) is 14.4. The number of hydrogen-bond acceptors (Lipinski definition) is 6. The highest BCUT2D eigenvalue weighted by atomic mass is 32.1. The molecule has 2 N–H and O–H groups in total. The Morgan fingerprint density at radius 1 is 1.20 bits per heavy atom. The molecule has 1 amide bonds. The van der Waals surface area contributed by atoms with Gasteiger partial charge >= 0.3 is 5.97 Å². The molecule has 0 aliphatic heterocycles. The lowest BCUT2D eigenvalue weighted by atomic mass is 10.1. The lowest BCUT2D eigenvalue weighted by molar-refractivity contribution is -0.138. The van der Waals surface area contributed by atoms with Gasteiger partial charge in [-0.05, 0) is 37.1 Å². The van der Waals surface area contributed by atoms with Crippen molar-refractivity contribution in [2.24, 2.45) is 0 Å². The zero-order chi connectivity index (χ0) is 18.2. The number of benzene rings is 1. The van der Waals surface area contributed by atoms with Gasteiger partial charge in [0.2, 0.25) is 5.01 Å². The van der Waals surface area contributed by atoms with Crippen LogP contribution in [0, 0.1) is 0 Å². The van der Waals surface area contributed by atoms with Crippen molar-refractivity contribution < 1.29 is 14.7 Å². The number of amides is 1. The number of aromatic nitrogens is 2. The predicted octanol–water partition coefficient (Wildman–Crippen LogP) is 2.65. The molecule has 134 valence electrons. The van der Waals surface area contributed by atoms with Crippen molar-refractivity contribution in [1.29, 1.82) is 0 Å². The van der Waals surface area contributed by atoms with E-state index in [2.05, 4.69) is 22.4 Å². The van der Waals surface area contributed by atoms with Gasteiger partial charge in [0.1, 0.15) is 5.01 Å². The first-order valence-electron chi connectivity index (χ1n) is 8.18. The minimum Gasteiger partial charge on any atom is -0.480 e. The summed E-state index contributed by atoms with van der Waals surface area (Å²) in [5.74, 6) is -1.19. The summed E-state index contributed by atoms with van der Waals surface area (Å²) in [7, 11) is 0. The number of nitrogens with zero attached hydrogens (tertiary/aromatic N) is 3. The molecule has 1 aromatic heterocycles. The fraction of sp³-hybridized carbons (Fsp3) is 0.412. The van der Waals surface area contributed by atoms with Crippen LogP contribution in [0.2, 0.25) is 0 Å². The van der Waals surface area contributed by atoms with Crippen LogP contribution in [-0.4, -0.2) is 45.2 Å². The minimum atomic E-state index is -0.883. The van der Waals surface area contributed by atoms with E-state index in [1.165, 1.54) is 16.9 Å². The van der Waals surface area contributed by atoms with Crippen molar-refractivity contribution in [2.75, 3.05) is 18.4 Å². The molecule has 8 heteroatoms. The number of rotatable bonds is 9. The first-order valence-corrected chi connectivity index (χ1v) is 9.00. The average molecular weight is 362 g/mol. The van der Waals surface area contributed by atoms with E-state index >= 15 is 0 Å². The van der Waals surface area contributed by atoms with E-state index < -0.39 is 5.97 Å². The van der Waals surface area contributed by atoms with E-state index in [4.69, 9.17) is 5.11 Å². The molecule has 0 spiro atoms. The number of hydrogen-bond donors (Lipinski definition) is 2. The smallest absolute Gasteiger partial charge is 0.317 e. The molecule has 0 bridgehead atoms. The molecule has 0 atom stereocenters. The van der Waals surface area contributed by atoms with Crippen molar-refractivity contribution >= 4 is 28.9 Å². The van der Waals surface area contributed by atoms with Crippen LogP contribution in [0.25, 0.3) is 0 Å². The van der Waals surface area contributed by atoms with Crippen molar-refractivity contribution in [3.05, 3.63) is 39.8 Å². The molecule has 0 aliphatic carbocycles. The van der Waals surface area contributed by atoms with Crippen molar-refractivity contribution in [1.82, 2.24) is 15.1 Å². The Balaban J connectivity index is 1.98. The third kappa shape index (κ3) is 5.91. The molecule has 7 nitrogen and oxygen atoms in total. The van der Waals surface area contributed by atoms with Gasteiger partial charge in [-0.15, -0.1) is 10.2 Å². The van der Waals surface area contributed by atoms with Gasteiger partial charge in [0.15, 0.2) is 0 Å². The lowest BCUT2D eigenvalue weighted by Gasteiger charge is -2.17. The first kappa shape index (κ1) is 19.0. The highest BCUT2D eigenvalue weighted by Gasteiger charge is 2.16. The summed E-state index contributed by atoms with van der Waals surface area (Å²) >= 11 is 1.18. The Kier molecular flexibility index (Phi) is 7.03. The lowest BCUT2D eigenvalue weighted by Crippen LogP contribution is -2.30. The van der Waals surface area contributed by atoms with E-state index in [0.29, 0.717) is 23.8 Å². The van der Waals surface area contributed by atoms with Gasteiger partial charge in [-0.3, -0.25) is 14.5 Å². The number of carbonyl (C=O) groups excluding carboxylic acids is 1. The topological polar surface area (TPSA) is 95.4 Å². The third-order valence-corrected chi connectivity index (χ3v) is 4.45. The largest absolute Gasteiger partial charge is 0.480 e. The molecule has 0 saturated carbocycles. The molecule has 0 fully saturated rings. The van der Waals surface area contributed by atoms with Crippen molar-refractivity contribution in [3.8, 4) is 0 Å². The Labute approximate surface area is 150 Å². The van der Waals surface area contributed by atoms with Crippen molar-refractivity contribution in [3.63, 3.8) is 0 Å². The van der Waals surface area contributed by atoms with Gasteiger partial charge in [0.05, 0.1) is 13.1 Å². The summed E-state index contributed by atoms with van der Waals surface area (Å²) in [6, 6.07) is 7.65. The molecular formula is C17H22N4O3S. The van der Waals surface area contributed by atoms with Gasteiger partial charge < -0.3 is 10.4 Å². The highest BCUT2D eigenvalue weighted by molar-refractivity contribution is 7.13. The van der Waals surface area contributed by atoms with Gasteiger partial charge in [-0.2, -0.15) is 0 Å². The van der Waals surface area contributed by atoms with Crippen LogP contribution in [0.5, 0.6) is 0 Å². The zero-order valence-corrected chi connectivity index (χ0v) is 15.2. The van der Waals surface area contributed by atoms with E-state index in [1.807, 2.05) is 31.2 Å². The van der Waals surface area contributed by atoms with Crippen LogP contribution in [0.1, 0.15) is 40.6 Å². The first-order chi connectivity index (χ1) is 12.0. The van der Waals surface area contributed by atoms with Gasteiger partial charge in [-0.25, -0.2) is 0 Å². The van der Waals surface area contributed by atoms with Crippen molar-refractivity contribution in [2.45, 2.75) is 33.2 Å². The van der Waals surface area contributed by atoms with Crippen LogP contribution in [-0.2, 0) is 17.8 Å². The fourth-order valence-electron chi connectivity index (χ4n) is 2.33. The van der Waals surface area contributed by atoms with Gasteiger partial charge in [0, 0.05) is 5.69 Å². The molecule has 0 saturated heterocycles. The van der Waals surface area contributed by atoms with E-state index in [1.54, 1.807) is 4.90 Å². The summed E-state index contributed by atoms with van der Waals surface area (Å²) in [5, 5.41) is 20.6. The average Bonchev–Trinajstić information content (AvgIpc) is 3.04. The molecule has 1 aromatic carbocycles. The molecule has 0 aliphatic rings. The maximum absolute atomic E-state index is 12.3. The minimum absolute atomic E-state index is 0.0568. The van der Waals surface area contributed by atoms with E-state index in [-0.39, 0.29) is 17.5 Å². The maximum atomic E-state index is 12.3. The summed E-state index contributed by atoms with van der Waals surface area (Å²) in [6.07, 6.45) is 1.78. The fourth-order valence-corrected chi connectivity index (χ4v) is 3.11. The molecule has 2 aromatic rings. The van der Waals surface area contributed by atoms with Crippen LogP contribution in [0.4, 0.5) is 5.69 Å². The Morgan fingerprint density at radius 3 is 2.52 bits per heavy atom. The number of anilines is 1. The second-order valence-corrected chi connectivity index (χ2v) is 6.67. The highest BCUT2D eigenvalue weighted by Crippen LogP contribution is 2.16. The maximum Gasteiger partial charge on any atom is 0.317 e. The van der Waals surface area contributed by atoms with Crippen LogP contribution in [0.3, 0.4) is 0 Å². The molecule has 0 unspecified atom stereocenters. The monoisotopic (exact) mass is 362 g/mol. The second kappa shape index (κ2) is 9.24. The standard InChI is InChI=1S/C17H22N4O3S/c1-3-9-21(11-15(22)23)10-14-19-20-17(25-14)16(24)18-13-7-5-12(4-2)6-8-13/h5-8H,3-4,9-11H2,1-2H3,(H,18,24)(H,22,23). The number of carboxylic acids is 1. The third-order valence-electron chi connectivity index (χ3n) is 3.54. The summed E-state index contributed by atoms with van der Waals surface area (Å²) < 4.78 is 0. The molecule has 25 heavy (non-hydrogen) atoms. The summed E-state index contributed by atoms with van der Waals surface area (Å²) in [4.78, 5) is 24.9. The second-order valence-electron chi connectivity index (χ2n) is 5.61. The molecule has 2 rings (SSSR count). The SMILES string of the molecule is CCCN(CC(=O)O)Cc1nnc(C(=O)Nc2ccc(CC)cc2)s1. The number of carbonyl (C=O) groups is 2. The summed E-state index contributed by atoms with van der Waals surface area (Å²) in [6.45, 7) is 5.02. The van der Waals surface area contributed by atoms with Gasteiger partial charge in [-0.1, -0.05) is 37.3 Å². The van der Waals surface area contributed by atoms with E-state index in [9.17, 15) is 9.59 Å².